The lowest BCUT2D eigenvalue weighted by atomic mass is 10.0. The topological polar surface area (TPSA) is 111 Å². The number of carboxylic acids is 1. The Bertz CT molecular complexity index is 875. The molecule has 8 nitrogen and oxygen atoms in total. The third-order valence-corrected chi connectivity index (χ3v) is 4.59. The number of anilines is 1. The predicted molar refractivity (Wildman–Crippen MR) is 112 cm³/mol. The summed E-state index contributed by atoms with van der Waals surface area (Å²) in [5.74, 6) is -0.951. The third-order valence-electron chi connectivity index (χ3n) is 4.59. The van der Waals surface area contributed by atoms with Crippen LogP contribution >= 0.6 is 0 Å². The number of esters is 1. The van der Waals surface area contributed by atoms with E-state index in [4.69, 9.17) is 4.74 Å². The summed E-state index contributed by atoms with van der Waals surface area (Å²) in [4.78, 5) is 40.1. The first-order valence-corrected chi connectivity index (χ1v) is 10.3. The molecule has 1 aromatic carbocycles. The van der Waals surface area contributed by atoms with Gasteiger partial charge in [-0.15, -0.1) is 0 Å². The van der Waals surface area contributed by atoms with E-state index in [1.54, 1.807) is 31.3 Å². The van der Waals surface area contributed by atoms with E-state index in [0.717, 1.165) is 25.7 Å². The summed E-state index contributed by atoms with van der Waals surface area (Å²) in [5, 5.41) is 12.0. The van der Waals surface area contributed by atoms with E-state index in [1.165, 1.54) is 6.07 Å². The maximum atomic E-state index is 12.5. The number of aryl methyl sites for hydroxylation is 1. The smallest absolute Gasteiger partial charge is 0.335 e. The minimum absolute atomic E-state index is 0.0271. The van der Waals surface area contributed by atoms with Gasteiger partial charge in [-0.2, -0.15) is 0 Å². The molecule has 0 radical (unpaired) electrons. The Morgan fingerprint density at radius 2 is 1.87 bits per heavy atom. The van der Waals surface area contributed by atoms with E-state index in [2.05, 4.69) is 17.2 Å². The first-order valence-electron chi connectivity index (χ1n) is 10.3. The molecule has 1 heterocycles. The molecule has 0 atom stereocenters. The van der Waals surface area contributed by atoms with Crippen molar-refractivity contribution in [3.63, 3.8) is 0 Å². The molecule has 0 unspecified atom stereocenters. The lowest BCUT2D eigenvalue weighted by molar-refractivity contribution is -0.142. The number of aromatic nitrogens is 2. The van der Waals surface area contributed by atoms with E-state index in [0.29, 0.717) is 30.4 Å². The van der Waals surface area contributed by atoms with Crippen LogP contribution in [0.15, 0.2) is 30.5 Å². The van der Waals surface area contributed by atoms with Crippen LogP contribution in [0.4, 0.5) is 5.82 Å². The highest BCUT2D eigenvalue weighted by molar-refractivity contribution is 5.95. The highest BCUT2D eigenvalue weighted by Crippen LogP contribution is 2.15. The molecular formula is C22H29N3O5. The predicted octanol–water partition coefficient (Wildman–Crippen LogP) is 3.45. The first kappa shape index (κ1) is 23.1. The van der Waals surface area contributed by atoms with Gasteiger partial charge in [-0.05, 0) is 25.0 Å². The van der Waals surface area contributed by atoms with Gasteiger partial charge in [-0.3, -0.25) is 9.59 Å². The number of benzene rings is 1. The Labute approximate surface area is 176 Å². The second-order valence-corrected chi connectivity index (χ2v) is 6.97. The molecule has 2 N–H and O–H groups in total. The fraction of sp³-hybridized carbons (Fsp3) is 0.455. The van der Waals surface area contributed by atoms with Gasteiger partial charge in [0.2, 0.25) is 5.91 Å². The maximum Gasteiger partial charge on any atom is 0.335 e. The molecule has 1 aromatic heterocycles. The molecule has 162 valence electrons. The molecule has 2 aromatic rings. The van der Waals surface area contributed by atoms with Gasteiger partial charge in [0.25, 0.3) is 0 Å². The summed E-state index contributed by atoms with van der Waals surface area (Å²) in [6.07, 6.45) is 5.92. The molecule has 0 spiro atoms. The number of unbranched alkanes of at least 4 members (excludes halogenated alkanes) is 3. The zero-order valence-electron chi connectivity index (χ0n) is 17.5. The Kier molecular flexibility index (Phi) is 9.05. The van der Waals surface area contributed by atoms with Crippen LogP contribution in [-0.2, 0) is 33.7 Å². The van der Waals surface area contributed by atoms with Crippen LogP contribution in [0.25, 0.3) is 0 Å². The molecule has 0 saturated carbocycles. The molecular weight excluding hydrogens is 386 g/mol. The molecule has 0 aliphatic heterocycles. The number of carboxylic acid groups (broad SMARTS) is 1. The maximum absolute atomic E-state index is 12.5. The monoisotopic (exact) mass is 415 g/mol. The zero-order valence-corrected chi connectivity index (χ0v) is 17.5. The number of rotatable bonds is 12. The van der Waals surface area contributed by atoms with Gasteiger partial charge in [0.1, 0.15) is 12.2 Å². The fourth-order valence-corrected chi connectivity index (χ4v) is 3.14. The summed E-state index contributed by atoms with van der Waals surface area (Å²) in [5.41, 5.74) is 0.519. The number of ether oxygens (including phenoxy) is 1. The van der Waals surface area contributed by atoms with Gasteiger partial charge in [0.05, 0.1) is 18.6 Å². The van der Waals surface area contributed by atoms with Crippen molar-refractivity contribution >= 4 is 23.7 Å². The Morgan fingerprint density at radius 1 is 1.10 bits per heavy atom. The number of amides is 1. The molecule has 0 aliphatic carbocycles. The van der Waals surface area contributed by atoms with E-state index in [1.807, 2.05) is 4.57 Å². The highest BCUT2D eigenvalue weighted by Gasteiger charge is 2.16. The molecule has 0 bridgehead atoms. The summed E-state index contributed by atoms with van der Waals surface area (Å²) in [6, 6.07) is 6.39. The Balaban J connectivity index is 2.10. The zero-order chi connectivity index (χ0) is 21.9. The van der Waals surface area contributed by atoms with Gasteiger partial charge in [-0.1, -0.05) is 44.4 Å². The molecule has 1 amide bonds. The van der Waals surface area contributed by atoms with E-state index in [-0.39, 0.29) is 30.3 Å². The number of hydrogen-bond acceptors (Lipinski definition) is 5. The van der Waals surface area contributed by atoms with Crippen LogP contribution in [-0.4, -0.2) is 39.1 Å². The molecule has 2 rings (SSSR count). The SMILES string of the molecule is CCCCCCn1cc(NC(=O)Cc2ccccc2C(=O)O)nc1CC(=O)OCC. The largest absolute Gasteiger partial charge is 0.478 e. The van der Waals surface area contributed by atoms with Crippen LogP contribution in [0.5, 0.6) is 0 Å². The number of nitrogens with one attached hydrogen (secondary N) is 1. The van der Waals surface area contributed by atoms with Crippen LogP contribution in [0.1, 0.15) is 61.3 Å². The van der Waals surface area contributed by atoms with Crippen LogP contribution in [0.3, 0.4) is 0 Å². The van der Waals surface area contributed by atoms with Crippen LogP contribution < -0.4 is 5.32 Å². The van der Waals surface area contributed by atoms with E-state index in [9.17, 15) is 19.5 Å². The van der Waals surface area contributed by atoms with Crippen molar-refractivity contribution in [1.82, 2.24) is 9.55 Å². The van der Waals surface area contributed by atoms with Crippen molar-refractivity contribution in [3.8, 4) is 0 Å². The summed E-state index contributed by atoms with van der Waals surface area (Å²) in [6.45, 7) is 4.87. The summed E-state index contributed by atoms with van der Waals surface area (Å²) >= 11 is 0. The minimum atomic E-state index is -1.08. The van der Waals surface area contributed by atoms with Gasteiger partial charge < -0.3 is 19.7 Å². The number of carbonyl (C=O) groups excluding carboxylic acids is 2. The highest BCUT2D eigenvalue weighted by atomic mass is 16.5. The van der Waals surface area contributed by atoms with Crippen molar-refractivity contribution < 1.29 is 24.2 Å². The van der Waals surface area contributed by atoms with Crippen molar-refractivity contribution in [2.75, 3.05) is 11.9 Å². The molecule has 0 fully saturated rings. The summed E-state index contributed by atoms with van der Waals surface area (Å²) in [7, 11) is 0. The summed E-state index contributed by atoms with van der Waals surface area (Å²) < 4.78 is 6.88. The van der Waals surface area contributed by atoms with Crippen LogP contribution in [0.2, 0.25) is 0 Å². The number of imidazole rings is 1. The Hall–Kier alpha value is -3.16. The van der Waals surface area contributed by atoms with Crippen molar-refractivity contribution in [2.45, 2.75) is 58.9 Å². The molecule has 8 heteroatoms. The lowest BCUT2D eigenvalue weighted by Gasteiger charge is -2.07. The van der Waals surface area contributed by atoms with Crippen LogP contribution in [0, 0.1) is 0 Å². The van der Waals surface area contributed by atoms with Crippen molar-refractivity contribution in [1.29, 1.82) is 0 Å². The fourth-order valence-electron chi connectivity index (χ4n) is 3.14. The second-order valence-electron chi connectivity index (χ2n) is 6.97. The van der Waals surface area contributed by atoms with Gasteiger partial charge >= 0.3 is 11.9 Å². The lowest BCUT2D eigenvalue weighted by Crippen LogP contribution is -2.16. The molecule has 0 aliphatic rings. The van der Waals surface area contributed by atoms with Gasteiger partial charge in [0.15, 0.2) is 5.82 Å². The van der Waals surface area contributed by atoms with E-state index < -0.39 is 5.97 Å². The normalized spacial score (nSPS) is 10.6. The average molecular weight is 415 g/mol. The number of aromatic carboxylic acids is 1. The van der Waals surface area contributed by atoms with E-state index >= 15 is 0 Å². The quantitative estimate of drug-likeness (QED) is 0.406. The van der Waals surface area contributed by atoms with Gasteiger partial charge in [-0.25, -0.2) is 9.78 Å². The van der Waals surface area contributed by atoms with Gasteiger partial charge in [0, 0.05) is 12.7 Å². The Morgan fingerprint density at radius 3 is 2.57 bits per heavy atom. The first-order chi connectivity index (χ1) is 14.4. The third kappa shape index (κ3) is 7.02. The number of nitrogens with zero attached hydrogens (tertiary/aromatic N) is 2. The van der Waals surface area contributed by atoms with Crippen molar-refractivity contribution in [3.05, 3.63) is 47.4 Å². The number of hydrogen-bond donors (Lipinski definition) is 2. The average Bonchev–Trinajstić information content (AvgIpc) is 3.06. The van der Waals surface area contributed by atoms with Crippen molar-refractivity contribution in [2.24, 2.45) is 0 Å². The standard InChI is InChI=1S/C22H29N3O5/c1-3-5-6-9-12-25-15-18(23-19(25)14-21(27)30-4-2)24-20(26)13-16-10-7-8-11-17(16)22(28)29/h7-8,10-11,15H,3-6,9,12-14H2,1-2H3,(H,24,26)(H,28,29). The minimum Gasteiger partial charge on any atom is -0.478 e. The molecule has 30 heavy (non-hydrogen) atoms. The number of carbonyl (C=O) groups is 3. The molecule has 0 saturated heterocycles. The second kappa shape index (κ2) is 11.7.